The van der Waals surface area contributed by atoms with E-state index in [1.54, 1.807) is 7.11 Å². The Balaban J connectivity index is 1.42. The number of ether oxygens (including phenoxy) is 1. The first kappa shape index (κ1) is 18.2. The zero-order valence-electron chi connectivity index (χ0n) is 14.5. The monoisotopic (exact) mass is 312 g/mol. The zero-order valence-corrected chi connectivity index (χ0v) is 14.5. The van der Waals surface area contributed by atoms with Crippen molar-refractivity contribution < 1.29 is 14.9 Å². The fraction of sp³-hybridized carbons (Fsp3) is 1.00. The van der Waals surface area contributed by atoms with Gasteiger partial charge in [-0.3, -0.25) is 0 Å². The highest BCUT2D eigenvalue weighted by atomic mass is 16.5. The van der Waals surface area contributed by atoms with Crippen molar-refractivity contribution in [3.05, 3.63) is 0 Å². The molecule has 1 atom stereocenters. The van der Waals surface area contributed by atoms with Crippen LogP contribution in [0.5, 0.6) is 0 Å². The molecule has 0 amide bonds. The summed E-state index contributed by atoms with van der Waals surface area (Å²) in [5.41, 5.74) is 0.991. The van der Waals surface area contributed by atoms with Gasteiger partial charge in [-0.2, -0.15) is 0 Å². The van der Waals surface area contributed by atoms with Crippen LogP contribution in [0.1, 0.15) is 83.5 Å². The summed E-state index contributed by atoms with van der Waals surface area (Å²) < 4.78 is 5.30. The van der Waals surface area contributed by atoms with E-state index in [4.69, 9.17) is 9.84 Å². The Morgan fingerprint density at radius 2 is 1.41 bits per heavy atom. The van der Waals surface area contributed by atoms with Crippen LogP contribution in [0.25, 0.3) is 0 Å². The number of aliphatic hydroxyl groups excluding tert-OH is 2. The van der Waals surface area contributed by atoms with E-state index in [0.717, 1.165) is 38.7 Å². The summed E-state index contributed by atoms with van der Waals surface area (Å²) in [7, 11) is 1.80. The van der Waals surface area contributed by atoms with Crippen molar-refractivity contribution in [1.29, 1.82) is 0 Å². The smallest absolute Gasteiger partial charge is 0.0540 e. The SMILES string of the molecule is COCC1(CCCCC(O)CCCCC2(CCO)CC2)CC1. The molecule has 2 rings (SSSR count). The third-order valence-corrected chi connectivity index (χ3v) is 6.00. The summed E-state index contributed by atoms with van der Waals surface area (Å²) in [6.45, 7) is 1.26. The normalized spacial score (nSPS) is 22.5. The van der Waals surface area contributed by atoms with Crippen LogP contribution in [0.3, 0.4) is 0 Å². The van der Waals surface area contributed by atoms with Gasteiger partial charge < -0.3 is 14.9 Å². The van der Waals surface area contributed by atoms with Gasteiger partial charge >= 0.3 is 0 Å². The Morgan fingerprint density at radius 1 is 0.864 bits per heavy atom. The van der Waals surface area contributed by atoms with Gasteiger partial charge in [-0.1, -0.05) is 25.7 Å². The summed E-state index contributed by atoms with van der Waals surface area (Å²) >= 11 is 0. The third kappa shape index (κ3) is 6.17. The summed E-state index contributed by atoms with van der Waals surface area (Å²) in [5.74, 6) is 0. The molecule has 0 bridgehead atoms. The van der Waals surface area contributed by atoms with Crippen LogP contribution >= 0.6 is 0 Å². The highest BCUT2D eigenvalue weighted by molar-refractivity contribution is 4.93. The molecule has 0 aromatic rings. The molecule has 3 nitrogen and oxygen atoms in total. The number of unbranched alkanes of at least 4 members (excludes halogenated alkanes) is 2. The van der Waals surface area contributed by atoms with Gasteiger partial charge in [0.25, 0.3) is 0 Å². The van der Waals surface area contributed by atoms with Gasteiger partial charge in [-0.25, -0.2) is 0 Å². The minimum atomic E-state index is -0.106. The molecule has 2 N–H and O–H groups in total. The van der Waals surface area contributed by atoms with E-state index in [0.29, 0.717) is 17.4 Å². The fourth-order valence-electron chi connectivity index (χ4n) is 3.89. The van der Waals surface area contributed by atoms with Gasteiger partial charge in [0.1, 0.15) is 0 Å². The molecule has 2 aliphatic rings. The second kappa shape index (κ2) is 8.65. The predicted molar refractivity (Wildman–Crippen MR) is 89.9 cm³/mol. The van der Waals surface area contributed by atoms with Crippen molar-refractivity contribution in [3.63, 3.8) is 0 Å². The lowest BCUT2D eigenvalue weighted by molar-refractivity contribution is 0.128. The summed E-state index contributed by atoms with van der Waals surface area (Å²) in [5, 5.41) is 19.1. The van der Waals surface area contributed by atoms with Gasteiger partial charge in [-0.05, 0) is 68.6 Å². The highest BCUT2D eigenvalue weighted by Crippen LogP contribution is 2.52. The standard InChI is InChI=1S/C19H36O3/c1-22-16-19(12-13-19)9-5-3-7-17(21)6-2-4-8-18(10-11-18)14-15-20/h17,20-21H,2-16H2,1H3. The van der Waals surface area contributed by atoms with Crippen molar-refractivity contribution in [1.82, 2.24) is 0 Å². The lowest BCUT2D eigenvalue weighted by Gasteiger charge is -2.16. The number of methoxy groups -OCH3 is 1. The predicted octanol–water partition coefficient (Wildman–Crippen LogP) is 4.06. The Labute approximate surface area is 136 Å². The van der Waals surface area contributed by atoms with Crippen molar-refractivity contribution in [2.24, 2.45) is 10.8 Å². The Bertz CT molecular complexity index is 278. The maximum Gasteiger partial charge on any atom is 0.0540 e. The average Bonchev–Trinajstić information content (AvgIpc) is 3.40. The van der Waals surface area contributed by atoms with Crippen LogP contribution in [0.2, 0.25) is 0 Å². The second-order valence-corrected chi connectivity index (χ2v) is 8.05. The number of hydrogen-bond acceptors (Lipinski definition) is 3. The molecule has 2 aliphatic carbocycles. The van der Waals surface area contributed by atoms with Crippen molar-refractivity contribution in [2.75, 3.05) is 20.3 Å². The first-order valence-corrected chi connectivity index (χ1v) is 9.42. The number of rotatable bonds is 14. The molecule has 0 radical (unpaired) electrons. The number of hydrogen-bond donors (Lipinski definition) is 2. The maximum atomic E-state index is 10.1. The van der Waals surface area contributed by atoms with Gasteiger partial charge in [0.2, 0.25) is 0 Å². The van der Waals surface area contributed by atoms with E-state index in [9.17, 15) is 5.11 Å². The molecule has 2 saturated carbocycles. The molecule has 2 fully saturated rings. The van der Waals surface area contributed by atoms with Crippen LogP contribution in [0, 0.1) is 10.8 Å². The van der Waals surface area contributed by atoms with Gasteiger partial charge in [-0.15, -0.1) is 0 Å². The first-order valence-electron chi connectivity index (χ1n) is 9.42. The van der Waals surface area contributed by atoms with Crippen LogP contribution in [0.15, 0.2) is 0 Å². The molecule has 130 valence electrons. The lowest BCUT2D eigenvalue weighted by Crippen LogP contribution is -2.10. The average molecular weight is 312 g/mol. The fourth-order valence-corrected chi connectivity index (χ4v) is 3.89. The Kier molecular flexibility index (Phi) is 7.17. The summed E-state index contributed by atoms with van der Waals surface area (Å²) in [4.78, 5) is 0. The van der Waals surface area contributed by atoms with Crippen molar-refractivity contribution in [3.8, 4) is 0 Å². The summed E-state index contributed by atoms with van der Waals surface area (Å²) in [6.07, 6.45) is 15.3. The molecule has 1 unspecified atom stereocenters. The largest absolute Gasteiger partial charge is 0.396 e. The van der Waals surface area contributed by atoms with Gasteiger partial charge in [0.05, 0.1) is 12.7 Å². The second-order valence-electron chi connectivity index (χ2n) is 8.05. The Morgan fingerprint density at radius 3 is 1.86 bits per heavy atom. The minimum absolute atomic E-state index is 0.106. The van der Waals surface area contributed by atoms with Gasteiger partial charge in [0.15, 0.2) is 0 Å². The van der Waals surface area contributed by atoms with E-state index in [1.807, 2.05) is 0 Å². The van der Waals surface area contributed by atoms with E-state index in [1.165, 1.54) is 51.4 Å². The molecule has 0 aliphatic heterocycles. The molecule has 3 heteroatoms. The topological polar surface area (TPSA) is 49.7 Å². The van der Waals surface area contributed by atoms with Crippen LogP contribution in [-0.2, 0) is 4.74 Å². The van der Waals surface area contributed by atoms with E-state index >= 15 is 0 Å². The van der Waals surface area contributed by atoms with Crippen LogP contribution in [0.4, 0.5) is 0 Å². The molecular formula is C19H36O3. The van der Waals surface area contributed by atoms with E-state index < -0.39 is 0 Å². The molecule has 0 aromatic heterocycles. The van der Waals surface area contributed by atoms with Crippen molar-refractivity contribution in [2.45, 2.75) is 89.6 Å². The van der Waals surface area contributed by atoms with E-state index in [-0.39, 0.29) is 6.10 Å². The van der Waals surface area contributed by atoms with Gasteiger partial charge in [0, 0.05) is 13.7 Å². The number of aliphatic hydroxyl groups is 2. The molecule has 22 heavy (non-hydrogen) atoms. The molecule has 0 saturated heterocycles. The summed E-state index contributed by atoms with van der Waals surface area (Å²) in [6, 6.07) is 0. The molecular weight excluding hydrogens is 276 g/mol. The highest BCUT2D eigenvalue weighted by Gasteiger charge is 2.42. The molecule has 0 aromatic carbocycles. The Hall–Kier alpha value is -0.120. The van der Waals surface area contributed by atoms with Crippen LogP contribution < -0.4 is 0 Å². The van der Waals surface area contributed by atoms with Crippen molar-refractivity contribution >= 4 is 0 Å². The lowest BCUT2D eigenvalue weighted by atomic mass is 9.93. The quantitative estimate of drug-likeness (QED) is 0.476. The van der Waals surface area contributed by atoms with E-state index in [2.05, 4.69) is 0 Å². The first-order chi connectivity index (χ1) is 10.6. The molecule has 0 heterocycles. The zero-order chi connectivity index (χ0) is 15.9. The maximum absolute atomic E-state index is 10.1. The molecule has 0 spiro atoms. The minimum Gasteiger partial charge on any atom is -0.396 e. The third-order valence-electron chi connectivity index (χ3n) is 6.00. The van der Waals surface area contributed by atoms with Crippen LogP contribution in [-0.4, -0.2) is 36.6 Å².